The molecule has 6 heteroatoms. The minimum Gasteiger partial charge on any atom is -0.346 e. The lowest BCUT2D eigenvalue weighted by atomic mass is 10.2. The highest BCUT2D eigenvalue weighted by Crippen LogP contribution is 2.07. The van der Waals surface area contributed by atoms with Crippen LogP contribution in [0.15, 0.2) is 0 Å². The van der Waals surface area contributed by atoms with Gasteiger partial charge in [-0.1, -0.05) is 13.3 Å². The molecule has 17 heavy (non-hydrogen) atoms. The fourth-order valence-electron chi connectivity index (χ4n) is 1.89. The van der Waals surface area contributed by atoms with Crippen molar-refractivity contribution < 1.29 is 13.2 Å². The van der Waals surface area contributed by atoms with Gasteiger partial charge < -0.3 is 10.2 Å². The highest BCUT2D eigenvalue weighted by atomic mass is 32.2. The Balaban J connectivity index is 2.40. The average molecular weight is 262 g/mol. The van der Waals surface area contributed by atoms with Crippen LogP contribution >= 0.6 is 0 Å². The molecule has 0 radical (unpaired) electrons. The van der Waals surface area contributed by atoms with Crippen LogP contribution in [0.25, 0.3) is 0 Å². The Morgan fingerprint density at radius 3 is 2.76 bits per heavy atom. The van der Waals surface area contributed by atoms with Gasteiger partial charge in [0.2, 0.25) is 5.91 Å². The van der Waals surface area contributed by atoms with Gasteiger partial charge in [-0.2, -0.15) is 0 Å². The van der Waals surface area contributed by atoms with Crippen LogP contribution in [0.3, 0.4) is 0 Å². The summed E-state index contributed by atoms with van der Waals surface area (Å²) in [5.74, 6) is 0.289. The maximum Gasteiger partial charge on any atom is 0.223 e. The van der Waals surface area contributed by atoms with Gasteiger partial charge in [-0.25, -0.2) is 8.42 Å². The molecule has 1 rings (SSSR count). The molecule has 5 nitrogen and oxygen atoms in total. The molecule has 1 N–H and O–H groups in total. The van der Waals surface area contributed by atoms with Crippen molar-refractivity contribution in [3.63, 3.8) is 0 Å². The molecule has 0 spiro atoms. The van der Waals surface area contributed by atoms with Crippen molar-refractivity contribution in [2.24, 2.45) is 0 Å². The molecule has 0 aromatic heterocycles. The number of sulfone groups is 1. The number of carbonyl (C=O) groups is 1. The molecule has 1 atom stereocenters. The highest BCUT2D eigenvalue weighted by molar-refractivity contribution is 7.91. The van der Waals surface area contributed by atoms with Crippen molar-refractivity contribution in [2.45, 2.75) is 32.2 Å². The molecule has 0 aromatic carbocycles. The number of nitrogens with one attached hydrogen (secondary N) is 1. The summed E-state index contributed by atoms with van der Waals surface area (Å²) in [6.45, 7) is 3.28. The third-order valence-electron chi connectivity index (χ3n) is 3.00. The second-order valence-corrected chi connectivity index (χ2v) is 6.87. The van der Waals surface area contributed by atoms with Crippen LogP contribution < -0.4 is 5.32 Å². The minimum atomic E-state index is -2.95. The lowest BCUT2D eigenvalue weighted by Crippen LogP contribution is -2.47. The van der Waals surface area contributed by atoms with Crippen molar-refractivity contribution in [3.8, 4) is 0 Å². The van der Waals surface area contributed by atoms with Crippen molar-refractivity contribution in [2.75, 3.05) is 31.6 Å². The standard InChI is InChI=1S/C11H22N2O3S/c1-3-4-6-13(2)11(14)8-10-9-17(15,16)7-5-12-10/h10,12H,3-9H2,1-2H3. The zero-order valence-electron chi connectivity index (χ0n) is 10.6. The summed E-state index contributed by atoms with van der Waals surface area (Å²) in [6, 6.07) is -0.217. The third kappa shape index (κ3) is 5.04. The predicted molar refractivity (Wildman–Crippen MR) is 67.6 cm³/mol. The SMILES string of the molecule is CCCCN(C)C(=O)CC1CS(=O)(=O)CCN1. The number of unbranched alkanes of at least 4 members (excludes halogenated alkanes) is 1. The molecule has 0 aliphatic carbocycles. The van der Waals surface area contributed by atoms with E-state index in [1.807, 2.05) is 0 Å². The summed E-state index contributed by atoms with van der Waals surface area (Å²) in [4.78, 5) is 13.5. The van der Waals surface area contributed by atoms with E-state index in [0.29, 0.717) is 6.54 Å². The topological polar surface area (TPSA) is 66.5 Å². The quantitative estimate of drug-likeness (QED) is 0.758. The zero-order valence-corrected chi connectivity index (χ0v) is 11.4. The third-order valence-corrected chi connectivity index (χ3v) is 4.73. The molecule has 0 saturated carbocycles. The van der Waals surface area contributed by atoms with Crippen molar-refractivity contribution in [1.82, 2.24) is 10.2 Å². The van der Waals surface area contributed by atoms with Crippen LogP contribution in [-0.4, -0.2) is 56.9 Å². The lowest BCUT2D eigenvalue weighted by molar-refractivity contribution is -0.130. The Labute approximate surface area is 103 Å². The summed E-state index contributed by atoms with van der Waals surface area (Å²) >= 11 is 0. The number of carbonyl (C=O) groups excluding carboxylic acids is 1. The molecular formula is C11H22N2O3S. The molecule has 1 saturated heterocycles. The predicted octanol–water partition coefficient (Wildman–Crippen LogP) is 0.0216. The second kappa shape index (κ2) is 6.35. The molecule has 0 bridgehead atoms. The van der Waals surface area contributed by atoms with Gasteiger partial charge in [0, 0.05) is 32.6 Å². The van der Waals surface area contributed by atoms with E-state index in [-0.39, 0.29) is 29.9 Å². The Morgan fingerprint density at radius 2 is 2.18 bits per heavy atom. The number of nitrogens with zero attached hydrogens (tertiary/aromatic N) is 1. The molecule has 1 fully saturated rings. The molecule has 1 amide bonds. The molecule has 100 valence electrons. The first-order valence-electron chi connectivity index (χ1n) is 6.12. The maximum atomic E-state index is 11.8. The summed E-state index contributed by atoms with van der Waals surface area (Å²) in [5, 5.41) is 3.09. The molecule has 1 aliphatic heterocycles. The summed E-state index contributed by atoms with van der Waals surface area (Å²) in [7, 11) is -1.18. The van der Waals surface area contributed by atoms with Crippen LogP contribution in [0.5, 0.6) is 0 Å². The summed E-state index contributed by atoms with van der Waals surface area (Å²) in [6.07, 6.45) is 2.31. The van der Waals surface area contributed by atoms with Crippen LogP contribution in [0.2, 0.25) is 0 Å². The first-order chi connectivity index (χ1) is 7.94. The molecule has 1 unspecified atom stereocenters. The number of amides is 1. The van der Waals surface area contributed by atoms with Crippen molar-refractivity contribution in [1.29, 1.82) is 0 Å². The van der Waals surface area contributed by atoms with Gasteiger partial charge in [-0.3, -0.25) is 4.79 Å². The van der Waals surface area contributed by atoms with Crippen LogP contribution in [0, 0.1) is 0 Å². The van der Waals surface area contributed by atoms with E-state index in [2.05, 4.69) is 12.2 Å². The normalized spacial score (nSPS) is 23.3. The van der Waals surface area contributed by atoms with E-state index in [1.165, 1.54) is 0 Å². The Kier molecular flexibility index (Phi) is 5.39. The van der Waals surface area contributed by atoms with Crippen molar-refractivity contribution in [3.05, 3.63) is 0 Å². The van der Waals surface area contributed by atoms with E-state index in [4.69, 9.17) is 0 Å². The maximum absolute atomic E-state index is 11.8. The van der Waals surface area contributed by atoms with Crippen LogP contribution in [0.1, 0.15) is 26.2 Å². The number of rotatable bonds is 5. The smallest absolute Gasteiger partial charge is 0.223 e. The van der Waals surface area contributed by atoms with Crippen LogP contribution in [-0.2, 0) is 14.6 Å². The Hall–Kier alpha value is -0.620. The molecule has 0 aromatic rings. The first kappa shape index (κ1) is 14.4. The van der Waals surface area contributed by atoms with Gasteiger partial charge in [0.05, 0.1) is 11.5 Å². The van der Waals surface area contributed by atoms with E-state index < -0.39 is 9.84 Å². The van der Waals surface area contributed by atoms with E-state index in [9.17, 15) is 13.2 Å². The molecule has 1 heterocycles. The highest BCUT2D eigenvalue weighted by Gasteiger charge is 2.26. The van der Waals surface area contributed by atoms with Crippen LogP contribution in [0.4, 0.5) is 0 Å². The van der Waals surface area contributed by atoms with E-state index >= 15 is 0 Å². The van der Waals surface area contributed by atoms with E-state index in [1.54, 1.807) is 11.9 Å². The lowest BCUT2D eigenvalue weighted by Gasteiger charge is -2.25. The minimum absolute atomic E-state index is 0.0213. The van der Waals surface area contributed by atoms with Gasteiger partial charge in [0.15, 0.2) is 9.84 Å². The molecular weight excluding hydrogens is 240 g/mol. The van der Waals surface area contributed by atoms with Gasteiger partial charge in [-0.15, -0.1) is 0 Å². The number of hydrogen-bond donors (Lipinski definition) is 1. The van der Waals surface area contributed by atoms with Gasteiger partial charge >= 0.3 is 0 Å². The molecule has 1 aliphatic rings. The van der Waals surface area contributed by atoms with Gasteiger partial charge in [0.25, 0.3) is 0 Å². The van der Waals surface area contributed by atoms with E-state index in [0.717, 1.165) is 19.4 Å². The summed E-state index contributed by atoms with van der Waals surface area (Å²) in [5.41, 5.74) is 0. The largest absolute Gasteiger partial charge is 0.346 e. The fourth-order valence-corrected chi connectivity index (χ4v) is 3.33. The zero-order chi connectivity index (χ0) is 12.9. The Bertz CT molecular complexity index is 354. The Morgan fingerprint density at radius 1 is 1.47 bits per heavy atom. The first-order valence-corrected chi connectivity index (χ1v) is 7.94. The van der Waals surface area contributed by atoms with Crippen molar-refractivity contribution >= 4 is 15.7 Å². The van der Waals surface area contributed by atoms with Gasteiger partial charge in [0.1, 0.15) is 0 Å². The summed E-state index contributed by atoms with van der Waals surface area (Å²) < 4.78 is 22.8. The monoisotopic (exact) mass is 262 g/mol. The second-order valence-electron chi connectivity index (χ2n) is 4.64. The number of hydrogen-bond acceptors (Lipinski definition) is 4. The van der Waals surface area contributed by atoms with Gasteiger partial charge in [-0.05, 0) is 6.42 Å². The fraction of sp³-hybridized carbons (Fsp3) is 0.909. The average Bonchev–Trinajstić information content (AvgIpc) is 2.24.